The van der Waals surface area contributed by atoms with Gasteiger partial charge in [0, 0.05) is 35.1 Å². The third-order valence-corrected chi connectivity index (χ3v) is 4.17. The Balaban J connectivity index is 0.00000225. The predicted octanol–water partition coefficient (Wildman–Crippen LogP) is 3.91. The minimum Gasteiger partial charge on any atom is -0.508 e. The molecule has 4 nitrogen and oxygen atoms in total. The number of fused-ring (bicyclic) bond motifs is 1. The molecule has 0 bridgehead atoms. The Kier molecular flexibility index (Phi) is 5.88. The molecule has 1 heterocycles. The van der Waals surface area contributed by atoms with Gasteiger partial charge in [0.15, 0.2) is 0 Å². The molecule has 0 aliphatic carbocycles. The van der Waals surface area contributed by atoms with E-state index in [1.54, 1.807) is 22.8 Å². The highest BCUT2D eigenvalue weighted by Gasteiger charge is 2.18. The van der Waals surface area contributed by atoms with Gasteiger partial charge in [-0.25, -0.2) is 0 Å². The number of rotatable bonds is 4. The van der Waals surface area contributed by atoms with Crippen LogP contribution in [0, 0.1) is 5.92 Å². The number of aromatic nitrogens is 1. The molecule has 0 fully saturated rings. The molecule has 2 aromatic carbocycles. The highest BCUT2D eigenvalue weighted by Crippen LogP contribution is 2.32. The van der Waals surface area contributed by atoms with E-state index in [0.29, 0.717) is 17.8 Å². The molecule has 0 saturated heterocycles. The van der Waals surface area contributed by atoms with Crippen LogP contribution in [-0.2, 0) is 13.1 Å². The van der Waals surface area contributed by atoms with Crippen molar-refractivity contribution in [2.45, 2.75) is 26.9 Å². The van der Waals surface area contributed by atoms with Crippen molar-refractivity contribution in [3.05, 3.63) is 64.6 Å². The van der Waals surface area contributed by atoms with Crippen molar-refractivity contribution in [1.82, 2.24) is 4.57 Å². The number of nitrogens with two attached hydrogens (primary N) is 1. The number of benzene rings is 2. The number of phenols is 1. The SMILES string of the molecule is CC(C)Cn1c(CN)c(-c2ccccc2)c2cc(O)ccc2c1=O.Cl. The van der Waals surface area contributed by atoms with Gasteiger partial charge in [0.25, 0.3) is 5.56 Å². The fourth-order valence-electron chi connectivity index (χ4n) is 3.18. The summed E-state index contributed by atoms with van der Waals surface area (Å²) >= 11 is 0. The molecule has 3 aromatic rings. The summed E-state index contributed by atoms with van der Waals surface area (Å²) in [5, 5.41) is 11.3. The number of pyridine rings is 1. The molecule has 0 aliphatic heterocycles. The van der Waals surface area contributed by atoms with E-state index in [1.807, 2.05) is 30.3 Å². The summed E-state index contributed by atoms with van der Waals surface area (Å²) in [6.45, 7) is 5.03. The Morgan fingerprint density at radius 3 is 2.36 bits per heavy atom. The summed E-state index contributed by atoms with van der Waals surface area (Å²) in [4.78, 5) is 13.0. The first kappa shape index (κ1) is 19.0. The van der Waals surface area contributed by atoms with Gasteiger partial charge in [0.1, 0.15) is 5.75 Å². The molecular weight excluding hydrogens is 336 g/mol. The van der Waals surface area contributed by atoms with Crippen LogP contribution in [-0.4, -0.2) is 9.67 Å². The van der Waals surface area contributed by atoms with Crippen LogP contribution in [0.2, 0.25) is 0 Å². The minimum atomic E-state index is -0.0566. The smallest absolute Gasteiger partial charge is 0.258 e. The number of halogens is 1. The second kappa shape index (κ2) is 7.72. The fraction of sp³-hybridized carbons (Fsp3) is 0.250. The van der Waals surface area contributed by atoms with Crippen LogP contribution >= 0.6 is 12.4 Å². The number of hydrogen-bond donors (Lipinski definition) is 2. The minimum absolute atomic E-state index is 0. The van der Waals surface area contributed by atoms with Crippen molar-refractivity contribution < 1.29 is 5.11 Å². The zero-order valence-electron chi connectivity index (χ0n) is 14.4. The Morgan fingerprint density at radius 2 is 1.76 bits per heavy atom. The van der Waals surface area contributed by atoms with Crippen LogP contribution in [0.15, 0.2) is 53.3 Å². The van der Waals surface area contributed by atoms with Crippen molar-refractivity contribution in [2.75, 3.05) is 0 Å². The van der Waals surface area contributed by atoms with E-state index in [2.05, 4.69) is 13.8 Å². The summed E-state index contributed by atoms with van der Waals surface area (Å²) in [6.07, 6.45) is 0. The lowest BCUT2D eigenvalue weighted by Gasteiger charge is -2.20. The van der Waals surface area contributed by atoms with Crippen molar-refractivity contribution in [3.8, 4) is 16.9 Å². The highest BCUT2D eigenvalue weighted by atomic mass is 35.5. The van der Waals surface area contributed by atoms with Gasteiger partial charge in [-0.3, -0.25) is 4.79 Å². The molecule has 25 heavy (non-hydrogen) atoms. The molecule has 132 valence electrons. The molecule has 0 saturated carbocycles. The van der Waals surface area contributed by atoms with Crippen molar-refractivity contribution in [3.63, 3.8) is 0 Å². The molecule has 0 atom stereocenters. The lowest BCUT2D eigenvalue weighted by atomic mass is 9.96. The van der Waals surface area contributed by atoms with Gasteiger partial charge in [-0.05, 0) is 29.7 Å². The summed E-state index contributed by atoms with van der Waals surface area (Å²) < 4.78 is 1.78. The van der Waals surface area contributed by atoms with Crippen molar-refractivity contribution in [2.24, 2.45) is 11.7 Å². The van der Waals surface area contributed by atoms with Crippen LogP contribution in [0.25, 0.3) is 21.9 Å². The lowest BCUT2D eigenvalue weighted by Crippen LogP contribution is -2.28. The van der Waals surface area contributed by atoms with Crippen molar-refractivity contribution >= 4 is 23.2 Å². The van der Waals surface area contributed by atoms with E-state index >= 15 is 0 Å². The van der Waals surface area contributed by atoms with E-state index in [9.17, 15) is 9.90 Å². The van der Waals surface area contributed by atoms with Gasteiger partial charge in [-0.15, -0.1) is 12.4 Å². The van der Waals surface area contributed by atoms with Gasteiger partial charge in [-0.1, -0.05) is 44.2 Å². The molecule has 1 aromatic heterocycles. The monoisotopic (exact) mass is 358 g/mol. The molecule has 0 aliphatic rings. The first-order valence-electron chi connectivity index (χ1n) is 8.16. The standard InChI is InChI=1S/C20H22N2O2.ClH/c1-13(2)12-22-18(11-21)19(14-6-4-3-5-7-14)17-10-15(23)8-9-16(17)20(22)24;/h3-10,13,23H,11-12,21H2,1-2H3;1H. The number of phenolic OH excluding ortho intramolecular Hbond substituents is 1. The van der Waals surface area contributed by atoms with Crippen LogP contribution < -0.4 is 11.3 Å². The quantitative estimate of drug-likeness (QED) is 0.743. The molecule has 0 amide bonds. The van der Waals surface area contributed by atoms with E-state index in [-0.39, 0.29) is 30.3 Å². The average Bonchev–Trinajstić information content (AvgIpc) is 2.57. The van der Waals surface area contributed by atoms with Gasteiger partial charge in [0.05, 0.1) is 0 Å². The van der Waals surface area contributed by atoms with Gasteiger partial charge < -0.3 is 15.4 Å². The number of hydrogen-bond acceptors (Lipinski definition) is 3. The van der Waals surface area contributed by atoms with E-state index < -0.39 is 0 Å². The highest BCUT2D eigenvalue weighted by molar-refractivity contribution is 5.98. The lowest BCUT2D eigenvalue weighted by molar-refractivity contribution is 0.476. The predicted molar refractivity (Wildman–Crippen MR) is 105 cm³/mol. The van der Waals surface area contributed by atoms with Gasteiger partial charge in [-0.2, -0.15) is 0 Å². The number of nitrogens with zero attached hydrogens (tertiary/aromatic N) is 1. The third-order valence-electron chi connectivity index (χ3n) is 4.17. The van der Waals surface area contributed by atoms with E-state index in [0.717, 1.165) is 22.2 Å². The molecule has 3 N–H and O–H groups in total. The second-order valence-corrected chi connectivity index (χ2v) is 6.43. The first-order chi connectivity index (χ1) is 11.5. The fourth-order valence-corrected chi connectivity index (χ4v) is 3.18. The van der Waals surface area contributed by atoms with Gasteiger partial charge in [0.2, 0.25) is 0 Å². The summed E-state index contributed by atoms with van der Waals surface area (Å²) in [5.41, 5.74) is 8.70. The Morgan fingerprint density at radius 1 is 1.08 bits per heavy atom. The molecule has 0 radical (unpaired) electrons. The molecule has 0 unspecified atom stereocenters. The number of aromatic hydroxyl groups is 1. The molecular formula is C20H23ClN2O2. The maximum atomic E-state index is 13.0. The van der Waals surface area contributed by atoms with E-state index in [1.165, 1.54) is 0 Å². The molecule has 5 heteroatoms. The van der Waals surface area contributed by atoms with Gasteiger partial charge >= 0.3 is 0 Å². The van der Waals surface area contributed by atoms with Crippen LogP contribution in [0.3, 0.4) is 0 Å². The molecule has 3 rings (SSSR count). The Labute approximate surface area is 153 Å². The Hall–Kier alpha value is -2.30. The van der Waals surface area contributed by atoms with Crippen LogP contribution in [0.1, 0.15) is 19.5 Å². The maximum Gasteiger partial charge on any atom is 0.258 e. The average molecular weight is 359 g/mol. The van der Waals surface area contributed by atoms with Crippen molar-refractivity contribution in [1.29, 1.82) is 0 Å². The molecule has 0 spiro atoms. The van der Waals surface area contributed by atoms with Crippen LogP contribution in [0.4, 0.5) is 0 Å². The normalized spacial score (nSPS) is 10.9. The maximum absolute atomic E-state index is 13.0. The third kappa shape index (κ3) is 3.55. The largest absolute Gasteiger partial charge is 0.508 e. The zero-order chi connectivity index (χ0) is 17.3. The first-order valence-corrected chi connectivity index (χ1v) is 8.16. The zero-order valence-corrected chi connectivity index (χ0v) is 15.2. The summed E-state index contributed by atoms with van der Waals surface area (Å²) in [6, 6.07) is 14.8. The Bertz CT molecular complexity index is 934. The summed E-state index contributed by atoms with van der Waals surface area (Å²) in [7, 11) is 0. The second-order valence-electron chi connectivity index (χ2n) is 6.43. The van der Waals surface area contributed by atoms with E-state index in [4.69, 9.17) is 5.73 Å². The topological polar surface area (TPSA) is 68.2 Å². The van der Waals surface area contributed by atoms with Crippen LogP contribution in [0.5, 0.6) is 5.75 Å². The summed E-state index contributed by atoms with van der Waals surface area (Å²) in [5.74, 6) is 0.467.